The van der Waals surface area contributed by atoms with Crippen LogP contribution in [0.2, 0.25) is 0 Å². The Kier molecular flexibility index (Phi) is 4.16. The molecule has 102 valence electrons. The Morgan fingerprint density at radius 3 is 2.58 bits per heavy atom. The van der Waals surface area contributed by atoms with Crippen molar-refractivity contribution in [3.05, 3.63) is 47.7 Å². The third-order valence-corrected chi connectivity index (χ3v) is 3.99. The zero-order valence-corrected chi connectivity index (χ0v) is 11.3. The van der Waals surface area contributed by atoms with E-state index >= 15 is 0 Å². The van der Waals surface area contributed by atoms with E-state index in [1.165, 1.54) is 17.7 Å². The summed E-state index contributed by atoms with van der Waals surface area (Å²) in [5.74, 6) is 0.691. The van der Waals surface area contributed by atoms with Gasteiger partial charge in [-0.1, -0.05) is 36.4 Å². The first kappa shape index (κ1) is 12.7. The van der Waals surface area contributed by atoms with Crippen LogP contribution in [0.3, 0.4) is 0 Å². The molecule has 1 N–H and O–H groups in total. The molecule has 3 rings (SSSR count). The molecular formula is C16H22N2O. The number of ether oxygens (including phenoxy) is 1. The number of hydrogen-bond donors (Lipinski definition) is 1. The minimum absolute atomic E-state index is 0.691. The first-order valence-corrected chi connectivity index (χ1v) is 7.25. The Morgan fingerprint density at radius 1 is 1.11 bits per heavy atom. The first-order chi connectivity index (χ1) is 9.42. The highest BCUT2D eigenvalue weighted by atomic mass is 16.5. The smallest absolute Gasteiger partial charge is 0.0612 e. The van der Waals surface area contributed by atoms with E-state index in [2.05, 4.69) is 46.8 Å². The maximum absolute atomic E-state index is 5.36. The van der Waals surface area contributed by atoms with Crippen molar-refractivity contribution in [3.63, 3.8) is 0 Å². The van der Waals surface area contributed by atoms with Gasteiger partial charge in [0.05, 0.1) is 13.2 Å². The highest BCUT2D eigenvalue weighted by molar-refractivity contribution is 5.22. The van der Waals surface area contributed by atoms with E-state index in [-0.39, 0.29) is 0 Å². The Balaban J connectivity index is 1.55. The van der Waals surface area contributed by atoms with E-state index in [4.69, 9.17) is 4.74 Å². The second kappa shape index (κ2) is 6.22. The summed E-state index contributed by atoms with van der Waals surface area (Å²) in [5.41, 5.74) is 6.40. The van der Waals surface area contributed by atoms with E-state index in [0.717, 1.165) is 39.1 Å². The number of hydrogen-bond acceptors (Lipinski definition) is 3. The van der Waals surface area contributed by atoms with Gasteiger partial charge in [0.15, 0.2) is 0 Å². The molecule has 1 saturated heterocycles. The molecule has 0 bridgehead atoms. The fourth-order valence-electron chi connectivity index (χ4n) is 2.84. The van der Waals surface area contributed by atoms with Crippen LogP contribution in [0.1, 0.15) is 30.7 Å². The van der Waals surface area contributed by atoms with Crippen molar-refractivity contribution in [3.8, 4) is 0 Å². The molecular weight excluding hydrogens is 236 g/mol. The SMILES string of the molecule is C1=C(NN2CCOCC2)CC[C@H](c2ccccc2)C1. The Labute approximate surface area is 115 Å². The second-order valence-corrected chi connectivity index (χ2v) is 5.32. The van der Waals surface area contributed by atoms with E-state index in [0.29, 0.717) is 5.92 Å². The highest BCUT2D eigenvalue weighted by Gasteiger charge is 2.18. The van der Waals surface area contributed by atoms with Crippen molar-refractivity contribution in [2.45, 2.75) is 25.2 Å². The van der Waals surface area contributed by atoms with Crippen LogP contribution in [0.15, 0.2) is 42.1 Å². The molecule has 1 aliphatic carbocycles. The lowest BCUT2D eigenvalue weighted by molar-refractivity contribution is 0.0176. The molecule has 19 heavy (non-hydrogen) atoms. The summed E-state index contributed by atoms with van der Waals surface area (Å²) in [6.07, 6.45) is 5.91. The molecule has 1 aromatic carbocycles. The van der Waals surface area contributed by atoms with Crippen LogP contribution >= 0.6 is 0 Å². The lowest BCUT2D eigenvalue weighted by Crippen LogP contribution is -2.45. The standard InChI is InChI=1S/C16H22N2O/c1-2-4-14(5-3-1)15-6-8-16(9-7-15)17-18-10-12-19-13-11-18/h1-5,8,15,17H,6-7,9-13H2/t15-/m1/s1. The van der Waals surface area contributed by atoms with Gasteiger partial charge in [0.1, 0.15) is 0 Å². The summed E-state index contributed by atoms with van der Waals surface area (Å²) in [6.45, 7) is 3.65. The first-order valence-electron chi connectivity index (χ1n) is 7.25. The number of nitrogens with zero attached hydrogens (tertiary/aromatic N) is 1. The minimum atomic E-state index is 0.691. The molecule has 1 aliphatic heterocycles. The van der Waals surface area contributed by atoms with Crippen LogP contribution in [0.5, 0.6) is 0 Å². The molecule has 1 atom stereocenters. The molecule has 3 nitrogen and oxygen atoms in total. The molecule has 2 aliphatic rings. The van der Waals surface area contributed by atoms with Gasteiger partial charge < -0.3 is 10.2 Å². The Bertz CT molecular complexity index is 424. The molecule has 3 heteroatoms. The zero-order chi connectivity index (χ0) is 12.9. The number of benzene rings is 1. The van der Waals surface area contributed by atoms with Gasteiger partial charge in [-0.05, 0) is 30.7 Å². The van der Waals surface area contributed by atoms with Gasteiger partial charge in [0, 0.05) is 18.8 Å². The maximum atomic E-state index is 5.36. The lowest BCUT2D eigenvalue weighted by atomic mass is 9.87. The third-order valence-electron chi connectivity index (χ3n) is 3.99. The summed E-state index contributed by atoms with van der Waals surface area (Å²) in [5, 5.41) is 2.28. The van der Waals surface area contributed by atoms with Crippen molar-refractivity contribution >= 4 is 0 Å². The highest BCUT2D eigenvalue weighted by Crippen LogP contribution is 2.31. The van der Waals surface area contributed by atoms with Gasteiger partial charge in [0.2, 0.25) is 0 Å². The normalized spacial score (nSPS) is 24.8. The predicted octanol–water partition coefficient (Wildman–Crippen LogP) is 2.67. The molecule has 0 aromatic heterocycles. The van der Waals surface area contributed by atoms with Gasteiger partial charge in [0.25, 0.3) is 0 Å². The average Bonchev–Trinajstić information content (AvgIpc) is 2.50. The Hall–Kier alpha value is -1.32. The lowest BCUT2D eigenvalue weighted by Gasteiger charge is -2.31. The van der Waals surface area contributed by atoms with Crippen molar-refractivity contribution in [2.24, 2.45) is 0 Å². The molecule has 1 aromatic rings. The van der Waals surface area contributed by atoms with Crippen LogP contribution in [-0.4, -0.2) is 31.3 Å². The van der Waals surface area contributed by atoms with Crippen LogP contribution in [0, 0.1) is 0 Å². The monoisotopic (exact) mass is 258 g/mol. The Morgan fingerprint density at radius 2 is 1.89 bits per heavy atom. The summed E-state index contributed by atoms with van der Waals surface area (Å²) in [4.78, 5) is 0. The molecule has 0 radical (unpaired) electrons. The van der Waals surface area contributed by atoms with E-state index in [1.54, 1.807) is 0 Å². The third kappa shape index (κ3) is 3.37. The van der Waals surface area contributed by atoms with Gasteiger partial charge in [-0.3, -0.25) is 0 Å². The molecule has 0 unspecified atom stereocenters. The van der Waals surface area contributed by atoms with E-state index in [9.17, 15) is 0 Å². The summed E-state index contributed by atoms with van der Waals surface area (Å²) in [7, 11) is 0. The quantitative estimate of drug-likeness (QED) is 0.902. The molecule has 0 amide bonds. The van der Waals surface area contributed by atoms with Crippen LogP contribution in [-0.2, 0) is 4.74 Å². The number of rotatable bonds is 3. The fraction of sp³-hybridized carbons (Fsp3) is 0.500. The van der Waals surface area contributed by atoms with Crippen molar-refractivity contribution in [1.82, 2.24) is 10.4 Å². The van der Waals surface area contributed by atoms with Gasteiger partial charge in [-0.25, -0.2) is 5.01 Å². The van der Waals surface area contributed by atoms with Crippen molar-refractivity contribution < 1.29 is 4.74 Å². The van der Waals surface area contributed by atoms with Crippen LogP contribution in [0.4, 0.5) is 0 Å². The van der Waals surface area contributed by atoms with Crippen molar-refractivity contribution in [2.75, 3.05) is 26.3 Å². The van der Waals surface area contributed by atoms with Crippen LogP contribution < -0.4 is 5.43 Å². The number of hydrazine groups is 1. The molecule has 0 saturated carbocycles. The van der Waals surface area contributed by atoms with Crippen molar-refractivity contribution in [1.29, 1.82) is 0 Å². The molecule has 1 heterocycles. The topological polar surface area (TPSA) is 24.5 Å². The van der Waals surface area contributed by atoms with Crippen LogP contribution in [0.25, 0.3) is 0 Å². The fourth-order valence-corrected chi connectivity index (χ4v) is 2.84. The average molecular weight is 258 g/mol. The number of nitrogens with one attached hydrogen (secondary N) is 1. The number of allylic oxidation sites excluding steroid dienone is 2. The predicted molar refractivity (Wildman–Crippen MR) is 76.6 cm³/mol. The van der Waals surface area contributed by atoms with Gasteiger partial charge in [-0.15, -0.1) is 0 Å². The largest absolute Gasteiger partial charge is 0.379 e. The summed E-state index contributed by atoms with van der Waals surface area (Å²) >= 11 is 0. The van der Waals surface area contributed by atoms with Gasteiger partial charge in [-0.2, -0.15) is 0 Å². The molecule has 0 spiro atoms. The van der Waals surface area contributed by atoms with Gasteiger partial charge >= 0.3 is 0 Å². The number of morpholine rings is 1. The summed E-state index contributed by atoms with van der Waals surface area (Å²) in [6, 6.07) is 10.9. The second-order valence-electron chi connectivity index (χ2n) is 5.32. The minimum Gasteiger partial charge on any atom is -0.379 e. The zero-order valence-electron chi connectivity index (χ0n) is 11.3. The summed E-state index contributed by atoms with van der Waals surface area (Å²) < 4.78 is 5.36. The van der Waals surface area contributed by atoms with E-state index in [1.807, 2.05) is 0 Å². The molecule has 1 fully saturated rings. The maximum Gasteiger partial charge on any atom is 0.0612 e. The van der Waals surface area contributed by atoms with E-state index < -0.39 is 0 Å².